The minimum Gasteiger partial charge on any atom is -0.494 e. The van der Waals surface area contributed by atoms with E-state index in [0.717, 1.165) is 43.7 Å². The van der Waals surface area contributed by atoms with E-state index in [1.807, 2.05) is 24.3 Å². The predicted octanol–water partition coefficient (Wildman–Crippen LogP) is 5.66. The van der Waals surface area contributed by atoms with E-state index in [1.165, 1.54) is 5.56 Å². The van der Waals surface area contributed by atoms with Crippen LogP contribution in [0.3, 0.4) is 0 Å². The van der Waals surface area contributed by atoms with Gasteiger partial charge in [0.1, 0.15) is 11.9 Å². The Hall–Kier alpha value is -2.91. The van der Waals surface area contributed by atoms with Gasteiger partial charge in [0.15, 0.2) is 11.5 Å². The topological polar surface area (TPSA) is 64.0 Å². The van der Waals surface area contributed by atoms with Gasteiger partial charge in [-0.2, -0.15) is 5.26 Å². The first-order chi connectivity index (χ1) is 16.4. The number of ether oxygens (including phenoxy) is 4. The molecule has 0 saturated heterocycles. The summed E-state index contributed by atoms with van der Waals surface area (Å²) in [5.74, 6) is 3.06. The number of hydrogen-bond donors (Lipinski definition) is 0. The van der Waals surface area contributed by atoms with Crippen molar-refractivity contribution in [3.05, 3.63) is 47.5 Å². The molecule has 6 nitrogen and oxygen atoms in total. The molecular weight excluding hydrogens is 428 g/mol. The molecule has 0 amide bonds. The summed E-state index contributed by atoms with van der Waals surface area (Å²) in [6, 6.07) is 14.1. The highest BCUT2D eigenvalue weighted by Crippen LogP contribution is 2.40. The molecule has 1 atom stereocenters. The summed E-state index contributed by atoms with van der Waals surface area (Å²) in [5.41, 5.74) is 2.06. The molecule has 2 aromatic rings. The fourth-order valence-electron chi connectivity index (χ4n) is 3.86. The molecule has 2 aromatic carbocycles. The van der Waals surface area contributed by atoms with Crippen molar-refractivity contribution in [2.45, 2.75) is 52.6 Å². The molecule has 0 saturated carbocycles. The Morgan fingerprint density at radius 2 is 1.74 bits per heavy atom. The predicted molar refractivity (Wildman–Crippen MR) is 136 cm³/mol. The molecule has 0 bridgehead atoms. The number of nitriles is 1. The minimum absolute atomic E-state index is 0.0361. The molecule has 0 heterocycles. The summed E-state index contributed by atoms with van der Waals surface area (Å²) in [6.45, 7) is 9.10. The van der Waals surface area contributed by atoms with Crippen LogP contribution in [0.5, 0.6) is 23.0 Å². The second-order valence-electron chi connectivity index (χ2n) is 9.03. The van der Waals surface area contributed by atoms with Crippen molar-refractivity contribution >= 4 is 0 Å². The lowest BCUT2D eigenvalue weighted by Crippen LogP contribution is -2.27. The van der Waals surface area contributed by atoms with Crippen molar-refractivity contribution in [3.63, 3.8) is 0 Å². The zero-order valence-electron chi connectivity index (χ0n) is 21.6. The zero-order chi connectivity index (χ0) is 24.9. The standard InChI is InChI=1S/C28H40N2O4/c1-21(2)25(34-27-20-23(13-14-29)19-26(31-5)28(27)32-6)12-8-15-30(4)16-9-17-33-24-11-7-10-22(3)18-24/h7,10-11,18-21,25H,8-9,12-13,15-17H2,1-6H3. The van der Waals surface area contributed by atoms with Gasteiger partial charge in [0.05, 0.1) is 33.3 Å². The molecule has 2 rings (SSSR count). The maximum atomic E-state index is 9.11. The van der Waals surface area contributed by atoms with Crippen molar-refractivity contribution < 1.29 is 18.9 Å². The number of hydrogen-bond acceptors (Lipinski definition) is 6. The molecule has 186 valence electrons. The minimum atomic E-state index is 0.0361. The molecule has 0 aliphatic rings. The second-order valence-corrected chi connectivity index (χ2v) is 9.03. The van der Waals surface area contributed by atoms with E-state index in [9.17, 15) is 0 Å². The highest BCUT2D eigenvalue weighted by Gasteiger charge is 2.21. The molecule has 0 aliphatic carbocycles. The lowest BCUT2D eigenvalue weighted by Gasteiger charge is -2.26. The fraction of sp³-hybridized carbons (Fsp3) is 0.536. The van der Waals surface area contributed by atoms with Crippen LogP contribution in [0.4, 0.5) is 0 Å². The van der Waals surface area contributed by atoms with Crippen molar-refractivity contribution in [2.75, 3.05) is 41.0 Å². The lowest BCUT2D eigenvalue weighted by atomic mass is 10.0. The first kappa shape index (κ1) is 27.3. The molecule has 0 fully saturated rings. The third-order valence-corrected chi connectivity index (χ3v) is 5.78. The number of rotatable bonds is 15. The first-order valence-electron chi connectivity index (χ1n) is 12.0. The molecule has 6 heteroatoms. The maximum Gasteiger partial charge on any atom is 0.203 e. The van der Waals surface area contributed by atoms with Crippen molar-refractivity contribution in [3.8, 4) is 29.1 Å². The lowest BCUT2D eigenvalue weighted by molar-refractivity contribution is 0.129. The van der Waals surface area contributed by atoms with Crippen LogP contribution in [0.1, 0.15) is 44.2 Å². The van der Waals surface area contributed by atoms with Gasteiger partial charge in [-0.3, -0.25) is 0 Å². The van der Waals surface area contributed by atoms with Crippen molar-refractivity contribution in [1.29, 1.82) is 5.26 Å². The van der Waals surface area contributed by atoms with E-state index < -0.39 is 0 Å². The zero-order valence-corrected chi connectivity index (χ0v) is 21.6. The molecule has 1 unspecified atom stereocenters. The number of nitrogens with zero attached hydrogens (tertiary/aromatic N) is 2. The van der Waals surface area contributed by atoms with E-state index in [0.29, 0.717) is 36.2 Å². The van der Waals surface area contributed by atoms with Crippen LogP contribution in [-0.2, 0) is 6.42 Å². The molecule has 0 aromatic heterocycles. The monoisotopic (exact) mass is 468 g/mol. The highest BCUT2D eigenvalue weighted by molar-refractivity contribution is 5.54. The summed E-state index contributed by atoms with van der Waals surface area (Å²) in [7, 11) is 5.35. The van der Waals surface area contributed by atoms with E-state index in [-0.39, 0.29) is 6.10 Å². The van der Waals surface area contributed by atoms with Crippen LogP contribution in [0.25, 0.3) is 0 Å². The third kappa shape index (κ3) is 8.79. The van der Waals surface area contributed by atoms with E-state index in [4.69, 9.17) is 24.2 Å². The van der Waals surface area contributed by atoms with Gasteiger partial charge >= 0.3 is 0 Å². The number of methoxy groups -OCH3 is 2. The Bertz CT molecular complexity index is 923. The van der Waals surface area contributed by atoms with Gasteiger partial charge in [0, 0.05) is 6.54 Å². The Morgan fingerprint density at radius 1 is 1.00 bits per heavy atom. The number of benzene rings is 2. The average molecular weight is 469 g/mol. The molecule has 34 heavy (non-hydrogen) atoms. The van der Waals surface area contributed by atoms with Gasteiger partial charge in [0.2, 0.25) is 5.75 Å². The van der Waals surface area contributed by atoms with Gasteiger partial charge in [-0.1, -0.05) is 26.0 Å². The molecule has 0 N–H and O–H groups in total. The van der Waals surface area contributed by atoms with Crippen LogP contribution in [0.2, 0.25) is 0 Å². The highest BCUT2D eigenvalue weighted by atomic mass is 16.5. The second kappa shape index (κ2) is 14.4. The van der Waals surface area contributed by atoms with Crippen LogP contribution in [0.15, 0.2) is 36.4 Å². The summed E-state index contributed by atoms with van der Waals surface area (Å²) >= 11 is 0. The van der Waals surface area contributed by atoms with Crippen molar-refractivity contribution in [2.24, 2.45) is 5.92 Å². The van der Waals surface area contributed by atoms with Gasteiger partial charge in [-0.15, -0.1) is 0 Å². The molecular formula is C28H40N2O4. The van der Waals surface area contributed by atoms with Gasteiger partial charge in [-0.05, 0) is 81.1 Å². The Kier molecular flexibility index (Phi) is 11.6. The Balaban J connectivity index is 1.85. The van der Waals surface area contributed by atoms with Gasteiger partial charge < -0.3 is 23.8 Å². The van der Waals surface area contributed by atoms with Gasteiger partial charge in [0.25, 0.3) is 0 Å². The Labute approximate surface area is 205 Å². The third-order valence-electron chi connectivity index (χ3n) is 5.78. The number of aryl methyl sites for hydroxylation is 1. The SMILES string of the molecule is COc1cc(CC#N)cc(OC(CCCN(C)CCCOc2cccc(C)c2)C(C)C)c1OC. The smallest absolute Gasteiger partial charge is 0.203 e. The summed E-state index contributed by atoms with van der Waals surface area (Å²) < 4.78 is 23.3. The summed E-state index contributed by atoms with van der Waals surface area (Å²) in [5, 5.41) is 9.11. The van der Waals surface area contributed by atoms with E-state index in [1.54, 1.807) is 14.2 Å². The van der Waals surface area contributed by atoms with Crippen LogP contribution >= 0.6 is 0 Å². The van der Waals surface area contributed by atoms with Crippen LogP contribution in [-0.4, -0.2) is 52.0 Å². The largest absolute Gasteiger partial charge is 0.494 e. The summed E-state index contributed by atoms with van der Waals surface area (Å²) in [4.78, 5) is 2.34. The van der Waals surface area contributed by atoms with Gasteiger partial charge in [-0.25, -0.2) is 0 Å². The fourth-order valence-corrected chi connectivity index (χ4v) is 3.86. The summed E-state index contributed by atoms with van der Waals surface area (Å²) in [6.07, 6.45) is 3.26. The van der Waals surface area contributed by atoms with E-state index in [2.05, 4.69) is 50.9 Å². The van der Waals surface area contributed by atoms with Crippen molar-refractivity contribution in [1.82, 2.24) is 4.90 Å². The molecule has 0 radical (unpaired) electrons. The first-order valence-corrected chi connectivity index (χ1v) is 12.0. The van der Waals surface area contributed by atoms with Crippen LogP contribution in [0, 0.1) is 24.2 Å². The maximum absolute atomic E-state index is 9.11. The Morgan fingerprint density at radius 3 is 2.38 bits per heavy atom. The van der Waals surface area contributed by atoms with E-state index >= 15 is 0 Å². The average Bonchev–Trinajstić information content (AvgIpc) is 2.81. The normalized spacial score (nSPS) is 11.9. The van der Waals surface area contributed by atoms with Crippen LogP contribution < -0.4 is 18.9 Å². The molecule has 0 spiro atoms. The quantitative estimate of drug-likeness (QED) is 0.314. The molecule has 0 aliphatic heterocycles.